The topological polar surface area (TPSA) is 41.1 Å². The maximum atomic E-state index is 4.16. The van der Waals surface area contributed by atoms with E-state index in [9.17, 15) is 0 Å². The first-order valence-corrected chi connectivity index (χ1v) is 7.88. The van der Waals surface area contributed by atoms with Crippen molar-refractivity contribution < 1.29 is 0 Å². The molecule has 1 aromatic heterocycles. The number of nitrogens with zero attached hydrogens (tertiary/aromatic N) is 3. The second kappa shape index (κ2) is 8.72. The van der Waals surface area contributed by atoms with Gasteiger partial charge in [-0.2, -0.15) is 0 Å². The van der Waals surface area contributed by atoms with E-state index in [1.165, 1.54) is 19.3 Å². The van der Waals surface area contributed by atoms with E-state index < -0.39 is 0 Å². The second-order valence-electron chi connectivity index (χ2n) is 4.05. The normalized spacial score (nSPS) is 10.8. The van der Waals surface area contributed by atoms with Gasteiger partial charge in [0.1, 0.15) is 0 Å². The number of rotatable bonds is 9. The Kier molecular flexibility index (Phi) is 7.55. The minimum absolute atomic E-state index is 0.983. The number of hydrogen-bond acceptors (Lipinski definition) is 6. The third-order valence-corrected chi connectivity index (χ3v) is 4.49. The lowest BCUT2D eigenvalue weighted by Gasteiger charge is -2.03. The smallest absolute Gasteiger partial charge is 0.208 e. The van der Waals surface area contributed by atoms with Crippen molar-refractivity contribution in [3.05, 3.63) is 0 Å². The predicted octanol–water partition coefficient (Wildman–Crippen LogP) is 2.48. The van der Waals surface area contributed by atoms with Gasteiger partial charge in [0.2, 0.25) is 5.13 Å². The molecule has 1 aromatic rings. The van der Waals surface area contributed by atoms with Crippen LogP contribution < -0.4 is 10.2 Å². The van der Waals surface area contributed by atoms with Gasteiger partial charge in [0, 0.05) is 19.8 Å². The summed E-state index contributed by atoms with van der Waals surface area (Å²) in [5.41, 5.74) is 0. The summed E-state index contributed by atoms with van der Waals surface area (Å²) in [6.07, 6.45) is 3.69. The molecule has 0 radical (unpaired) electrons. The lowest BCUT2D eigenvalue weighted by atomic mass is 10.3. The van der Waals surface area contributed by atoms with Gasteiger partial charge in [-0.1, -0.05) is 30.0 Å². The summed E-state index contributed by atoms with van der Waals surface area (Å²) in [5, 5.41) is 12.7. The molecular weight excluding hydrogens is 252 g/mol. The summed E-state index contributed by atoms with van der Waals surface area (Å²) in [6.45, 7) is 4.46. The highest BCUT2D eigenvalue weighted by Gasteiger charge is 2.05. The summed E-state index contributed by atoms with van der Waals surface area (Å²) in [6, 6.07) is 0. The average Bonchev–Trinajstić information content (AvgIpc) is 2.77. The van der Waals surface area contributed by atoms with E-state index in [1.54, 1.807) is 11.3 Å². The van der Waals surface area contributed by atoms with Gasteiger partial charge in [0.05, 0.1) is 0 Å². The van der Waals surface area contributed by atoms with Gasteiger partial charge in [-0.05, 0) is 32.4 Å². The van der Waals surface area contributed by atoms with Gasteiger partial charge < -0.3 is 10.2 Å². The van der Waals surface area contributed by atoms with Crippen molar-refractivity contribution in [3.63, 3.8) is 0 Å². The molecule has 17 heavy (non-hydrogen) atoms. The summed E-state index contributed by atoms with van der Waals surface area (Å²) in [7, 11) is 3.99. The number of anilines is 1. The van der Waals surface area contributed by atoms with E-state index in [0.29, 0.717) is 0 Å². The van der Waals surface area contributed by atoms with Gasteiger partial charge in [-0.15, -0.1) is 10.2 Å². The molecular formula is C11H22N4S2. The van der Waals surface area contributed by atoms with Gasteiger partial charge in [0.15, 0.2) is 4.34 Å². The lowest BCUT2D eigenvalue weighted by Crippen LogP contribution is -2.15. The standard InChI is InChI=1S/C11H22N4S2/c1-4-7-12-8-5-6-9-16-11-14-13-10(17-11)15(2)3/h12H,4-9H2,1-3H3. The molecule has 0 aliphatic rings. The Balaban J connectivity index is 2.05. The Morgan fingerprint density at radius 3 is 2.71 bits per heavy atom. The number of aromatic nitrogens is 2. The van der Waals surface area contributed by atoms with Crippen molar-refractivity contribution in [2.45, 2.75) is 30.5 Å². The van der Waals surface area contributed by atoms with E-state index in [0.717, 1.165) is 28.3 Å². The number of unbranched alkanes of at least 4 members (excludes halogenated alkanes) is 1. The number of nitrogens with one attached hydrogen (secondary N) is 1. The van der Waals surface area contributed by atoms with Crippen molar-refractivity contribution in [1.82, 2.24) is 15.5 Å². The van der Waals surface area contributed by atoms with Gasteiger partial charge in [-0.25, -0.2) is 0 Å². The summed E-state index contributed by atoms with van der Waals surface area (Å²) in [4.78, 5) is 2.00. The molecule has 0 aromatic carbocycles. The Morgan fingerprint density at radius 1 is 1.24 bits per heavy atom. The van der Waals surface area contributed by atoms with Gasteiger partial charge in [0.25, 0.3) is 0 Å². The van der Waals surface area contributed by atoms with Gasteiger partial charge in [-0.3, -0.25) is 0 Å². The van der Waals surface area contributed by atoms with Crippen LogP contribution in [-0.4, -0.2) is 43.1 Å². The van der Waals surface area contributed by atoms with E-state index in [-0.39, 0.29) is 0 Å². The Morgan fingerprint density at radius 2 is 2.06 bits per heavy atom. The Hall–Kier alpha value is -0.330. The minimum Gasteiger partial charge on any atom is -0.353 e. The summed E-state index contributed by atoms with van der Waals surface area (Å²) in [5.74, 6) is 1.13. The zero-order chi connectivity index (χ0) is 12.5. The van der Waals surface area contributed by atoms with Crippen molar-refractivity contribution >= 4 is 28.2 Å². The van der Waals surface area contributed by atoms with E-state index in [1.807, 2.05) is 30.8 Å². The van der Waals surface area contributed by atoms with Crippen LogP contribution in [0.2, 0.25) is 0 Å². The SMILES string of the molecule is CCCNCCCCSc1nnc(N(C)C)s1. The number of thioether (sulfide) groups is 1. The third kappa shape index (κ3) is 6.24. The number of hydrogen-bond donors (Lipinski definition) is 1. The molecule has 1 N–H and O–H groups in total. The molecule has 0 bridgehead atoms. The van der Waals surface area contributed by atoms with Crippen molar-refractivity contribution in [1.29, 1.82) is 0 Å². The Bertz CT molecular complexity index is 301. The molecule has 0 aliphatic heterocycles. The first kappa shape index (κ1) is 14.7. The molecule has 1 heterocycles. The predicted molar refractivity (Wildman–Crippen MR) is 77.4 cm³/mol. The molecule has 6 heteroatoms. The molecule has 98 valence electrons. The third-order valence-electron chi connectivity index (χ3n) is 2.18. The molecule has 0 spiro atoms. The lowest BCUT2D eigenvalue weighted by molar-refractivity contribution is 0.635. The highest BCUT2D eigenvalue weighted by atomic mass is 32.2. The molecule has 0 unspecified atom stereocenters. The molecule has 1 rings (SSSR count). The van der Waals surface area contributed by atoms with Crippen LogP contribution in [0.3, 0.4) is 0 Å². The molecule has 0 aliphatic carbocycles. The van der Waals surface area contributed by atoms with Crippen LogP contribution in [0.5, 0.6) is 0 Å². The highest BCUT2D eigenvalue weighted by Crippen LogP contribution is 2.27. The second-order valence-corrected chi connectivity index (χ2v) is 6.35. The van der Waals surface area contributed by atoms with Gasteiger partial charge >= 0.3 is 0 Å². The fraction of sp³-hybridized carbons (Fsp3) is 0.818. The average molecular weight is 274 g/mol. The molecule has 0 saturated carbocycles. The first-order chi connectivity index (χ1) is 8.24. The van der Waals surface area contributed by atoms with Crippen molar-refractivity contribution in [2.75, 3.05) is 37.8 Å². The fourth-order valence-corrected chi connectivity index (χ4v) is 3.09. The maximum absolute atomic E-state index is 4.16. The minimum atomic E-state index is 0.983. The summed E-state index contributed by atoms with van der Waals surface area (Å²) < 4.78 is 1.08. The van der Waals surface area contributed by atoms with Crippen LogP contribution in [-0.2, 0) is 0 Å². The molecule has 0 atom stereocenters. The quantitative estimate of drug-likeness (QED) is 0.553. The van der Waals surface area contributed by atoms with Crippen molar-refractivity contribution in [3.8, 4) is 0 Å². The van der Waals surface area contributed by atoms with E-state index >= 15 is 0 Å². The Labute approximate surface area is 112 Å². The van der Waals surface area contributed by atoms with Crippen molar-refractivity contribution in [2.24, 2.45) is 0 Å². The van der Waals surface area contributed by atoms with Crippen LogP contribution in [0.4, 0.5) is 5.13 Å². The van der Waals surface area contributed by atoms with E-state index in [2.05, 4.69) is 22.4 Å². The largest absolute Gasteiger partial charge is 0.353 e. The van der Waals surface area contributed by atoms with Crippen LogP contribution in [0.25, 0.3) is 0 Å². The molecule has 0 fully saturated rings. The molecule has 0 saturated heterocycles. The summed E-state index contributed by atoms with van der Waals surface area (Å²) >= 11 is 3.48. The molecule has 0 amide bonds. The first-order valence-electron chi connectivity index (χ1n) is 6.08. The highest BCUT2D eigenvalue weighted by molar-refractivity contribution is 8.01. The van der Waals surface area contributed by atoms with Crippen LogP contribution in [0.1, 0.15) is 26.2 Å². The van der Waals surface area contributed by atoms with Crippen LogP contribution >= 0.6 is 23.1 Å². The van der Waals surface area contributed by atoms with Crippen LogP contribution in [0, 0.1) is 0 Å². The van der Waals surface area contributed by atoms with E-state index in [4.69, 9.17) is 0 Å². The molecule has 4 nitrogen and oxygen atoms in total. The fourth-order valence-electron chi connectivity index (χ4n) is 1.25. The zero-order valence-corrected chi connectivity index (χ0v) is 12.5. The van der Waals surface area contributed by atoms with Crippen LogP contribution in [0.15, 0.2) is 4.34 Å². The zero-order valence-electron chi connectivity index (χ0n) is 10.9. The monoisotopic (exact) mass is 274 g/mol. The maximum Gasteiger partial charge on any atom is 0.208 e.